The largest absolute Gasteiger partial charge is 0.326 e. The van der Waals surface area contributed by atoms with Gasteiger partial charge in [0, 0.05) is 11.6 Å². The van der Waals surface area contributed by atoms with Crippen LogP contribution in [-0.4, -0.2) is 19.0 Å². The van der Waals surface area contributed by atoms with Crippen LogP contribution in [-0.2, 0) is 4.79 Å². The third-order valence-electron chi connectivity index (χ3n) is 3.24. The van der Waals surface area contributed by atoms with Crippen LogP contribution in [0.15, 0.2) is 18.2 Å². The van der Waals surface area contributed by atoms with Crippen LogP contribution in [0.2, 0.25) is 0 Å². The van der Waals surface area contributed by atoms with Crippen molar-refractivity contribution in [3.8, 4) is 0 Å². The van der Waals surface area contributed by atoms with Gasteiger partial charge in [-0.25, -0.2) is 4.39 Å². The number of halogens is 2. The Morgan fingerprint density at radius 1 is 1.44 bits per heavy atom. The standard InChI is InChI=1S/C13H17FN2O.ClH/c1-8-3-11(14)5-12(4-8)16-13(17)9(2)10-6-15-7-10;/h3-5,9-10,15H,6-7H2,1-2H3,(H,16,17);1H. The summed E-state index contributed by atoms with van der Waals surface area (Å²) in [5.74, 6) is -0.00996. The van der Waals surface area contributed by atoms with E-state index in [1.165, 1.54) is 12.1 Å². The summed E-state index contributed by atoms with van der Waals surface area (Å²) in [6.07, 6.45) is 0. The van der Waals surface area contributed by atoms with E-state index in [2.05, 4.69) is 10.6 Å². The van der Waals surface area contributed by atoms with Crippen LogP contribution < -0.4 is 10.6 Å². The van der Waals surface area contributed by atoms with Gasteiger partial charge >= 0.3 is 0 Å². The van der Waals surface area contributed by atoms with Crippen molar-refractivity contribution in [1.82, 2.24) is 5.32 Å². The smallest absolute Gasteiger partial charge is 0.227 e. The molecule has 1 aliphatic heterocycles. The molecule has 1 unspecified atom stereocenters. The van der Waals surface area contributed by atoms with E-state index < -0.39 is 0 Å². The first kappa shape index (κ1) is 14.9. The first-order valence-corrected chi connectivity index (χ1v) is 5.85. The van der Waals surface area contributed by atoms with Crippen molar-refractivity contribution in [3.05, 3.63) is 29.6 Å². The summed E-state index contributed by atoms with van der Waals surface area (Å²) < 4.78 is 13.2. The van der Waals surface area contributed by atoms with Gasteiger partial charge in [-0.2, -0.15) is 0 Å². The Kier molecular flexibility index (Phi) is 5.11. The van der Waals surface area contributed by atoms with E-state index in [1.807, 2.05) is 6.92 Å². The molecule has 0 aromatic heterocycles. The second kappa shape index (κ2) is 6.16. The highest BCUT2D eigenvalue weighted by Crippen LogP contribution is 2.19. The SMILES string of the molecule is Cc1cc(F)cc(NC(=O)C(C)C2CNC2)c1.Cl. The van der Waals surface area contributed by atoms with Gasteiger partial charge in [0.15, 0.2) is 0 Å². The number of carbonyl (C=O) groups is 1. The molecule has 2 rings (SSSR count). The topological polar surface area (TPSA) is 41.1 Å². The molecule has 1 heterocycles. The maximum Gasteiger partial charge on any atom is 0.227 e. The summed E-state index contributed by atoms with van der Waals surface area (Å²) >= 11 is 0. The van der Waals surface area contributed by atoms with Crippen molar-refractivity contribution in [2.75, 3.05) is 18.4 Å². The maximum atomic E-state index is 13.2. The first-order chi connectivity index (χ1) is 8.06. The lowest BCUT2D eigenvalue weighted by Gasteiger charge is -2.31. The summed E-state index contributed by atoms with van der Waals surface area (Å²) in [6, 6.07) is 4.55. The van der Waals surface area contributed by atoms with E-state index >= 15 is 0 Å². The highest BCUT2D eigenvalue weighted by atomic mass is 35.5. The van der Waals surface area contributed by atoms with Crippen LogP contribution in [0.5, 0.6) is 0 Å². The van der Waals surface area contributed by atoms with Gasteiger partial charge in [-0.1, -0.05) is 6.92 Å². The summed E-state index contributed by atoms with van der Waals surface area (Å²) in [5, 5.41) is 5.90. The lowest BCUT2D eigenvalue weighted by atomic mass is 9.88. The molecule has 2 N–H and O–H groups in total. The third-order valence-corrected chi connectivity index (χ3v) is 3.24. The molecule has 18 heavy (non-hydrogen) atoms. The zero-order valence-corrected chi connectivity index (χ0v) is 11.3. The minimum absolute atomic E-state index is 0. The summed E-state index contributed by atoms with van der Waals surface area (Å²) in [7, 11) is 0. The number of nitrogens with one attached hydrogen (secondary N) is 2. The molecule has 1 saturated heterocycles. The van der Waals surface area contributed by atoms with E-state index in [1.54, 1.807) is 13.0 Å². The molecule has 100 valence electrons. The van der Waals surface area contributed by atoms with Gasteiger partial charge in [0.2, 0.25) is 5.91 Å². The Bertz CT molecular complexity index is 415. The van der Waals surface area contributed by atoms with Crippen molar-refractivity contribution in [2.45, 2.75) is 13.8 Å². The van der Waals surface area contributed by atoms with Crippen molar-refractivity contribution >= 4 is 24.0 Å². The van der Waals surface area contributed by atoms with Gasteiger partial charge in [0.25, 0.3) is 0 Å². The summed E-state index contributed by atoms with van der Waals surface area (Å²) in [4.78, 5) is 11.9. The normalized spacial score (nSPS) is 16.4. The molecule has 1 aromatic carbocycles. The first-order valence-electron chi connectivity index (χ1n) is 5.85. The molecule has 0 saturated carbocycles. The molecule has 1 aliphatic rings. The van der Waals surface area contributed by atoms with E-state index in [9.17, 15) is 9.18 Å². The van der Waals surface area contributed by atoms with E-state index in [0.29, 0.717) is 11.6 Å². The molecular formula is C13H18ClFN2O. The van der Waals surface area contributed by atoms with Gasteiger partial charge in [-0.3, -0.25) is 4.79 Å². The molecular weight excluding hydrogens is 255 g/mol. The maximum absolute atomic E-state index is 13.2. The number of benzene rings is 1. The molecule has 0 spiro atoms. The summed E-state index contributed by atoms with van der Waals surface area (Å²) in [6.45, 7) is 5.48. The zero-order chi connectivity index (χ0) is 12.4. The monoisotopic (exact) mass is 272 g/mol. The van der Waals surface area contributed by atoms with Crippen molar-refractivity contribution in [1.29, 1.82) is 0 Å². The van der Waals surface area contributed by atoms with E-state index in [4.69, 9.17) is 0 Å². The highest BCUT2D eigenvalue weighted by Gasteiger charge is 2.28. The van der Waals surface area contributed by atoms with Crippen molar-refractivity contribution in [2.24, 2.45) is 11.8 Å². The lowest BCUT2D eigenvalue weighted by Crippen LogP contribution is -2.48. The predicted molar refractivity (Wildman–Crippen MR) is 72.5 cm³/mol. The molecule has 1 fully saturated rings. The number of hydrogen-bond acceptors (Lipinski definition) is 2. The second-order valence-electron chi connectivity index (χ2n) is 4.71. The van der Waals surface area contributed by atoms with Gasteiger partial charge in [0.05, 0.1) is 0 Å². The molecule has 1 atom stereocenters. The second-order valence-corrected chi connectivity index (χ2v) is 4.71. The molecule has 0 bridgehead atoms. The number of aryl methyl sites for hydroxylation is 1. The average molecular weight is 273 g/mol. The van der Waals surface area contributed by atoms with Crippen molar-refractivity contribution in [3.63, 3.8) is 0 Å². The zero-order valence-electron chi connectivity index (χ0n) is 10.5. The summed E-state index contributed by atoms with van der Waals surface area (Å²) in [5.41, 5.74) is 1.34. The Morgan fingerprint density at radius 2 is 2.11 bits per heavy atom. The number of carbonyl (C=O) groups excluding carboxylic acids is 1. The fraction of sp³-hybridized carbons (Fsp3) is 0.462. The molecule has 0 radical (unpaired) electrons. The number of rotatable bonds is 3. The van der Waals surface area contributed by atoms with Gasteiger partial charge in [-0.15, -0.1) is 12.4 Å². The van der Waals surface area contributed by atoms with E-state index in [0.717, 1.165) is 18.7 Å². The Balaban J connectivity index is 0.00000162. The van der Waals surface area contributed by atoms with Crippen LogP contribution in [0.1, 0.15) is 12.5 Å². The minimum atomic E-state index is -0.321. The van der Waals surface area contributed by atoms with Crippen molar-refractivity contribution < 1.29 is 9.18 Å². The van der Waals surface area contributed by atoms with E-state index in [-0.39, 0.29) is 30.0 Å². The minimum Gasteiger partial charge on any atom is -0.326 e. The Morgan fingerprint density at radius 3 is 2.61 bits per heavy atom. The van der Waals surface area contributed by atoms with Gasteiger partial charge in [-0.05, 0) is 49.7 Å². The number of anilines is 1. The van der Waals surface area contributed by atoms with Crippen LogP contribution in [0.3, 0.4) is 0 Å². The molecule has 1 aromatic rings. The van der Waals surface area contributed by atoms with Crippen LogP contribution in [0, 0.1) is 24.6 Å². The van der Waals surface area contributed by atoms with Gasteiger partial charge < -0.3 is 10.6 Å². The third kappa shape index (κ3) is 3.43. The van der Waals surface area contributed by atoms with Crippen LogP contribution in [0.4, 0.5) is 10.1 Å². The number of amides is 1. The molecule has 3 nitrogen and oxygen atoms in total. The van der Waals surface area contributed by atoms with Crippen LogP contribution in [0.25, 0.3) is 0 Å². The van der Waals surface area contributed by atoms with Gasteiger partial charge in [0.1, 0.15) is 5.82 Å². The number of hydrogen-bond donors (Lipinski definition) is 2. The molecule has 1 amide bonds. The highest BCUT2D eigenvalue weighted by molar-refractivity contribution is 5.92. The predicted octanol–water partition coefficient (Wildman–Crippen LogP) is 2.35. The lowest BCUT2D eigenvalue weighted by molar-refractivity contribution is -0.121. The average Bonchev–Trinajstić information content (AvgIpc) is 2.12. The Hall–Kier alpha value is -1.13. The molecule has 0 aliphatic carbocycles. The Labute approximate surface area is 113 Å². The fourth-order valence-corrected chi connectivity index (χ4v) is 1.94. The quantitative estimate of drug-likeness (QED) is 0.887. The molecule has 5 heteroatoms. The fourth-order valence-electron chi connectivity index (χ4n) is 1.94. The van der Waals surface area contributed by atoms with Crippen LogP contribution >= 0.6 is 12.4 Å².